The number of aliphatic hydroxyl groups is 1. The van der Waals surface area contributed by atoms with Crippen molar-refractivity contribution in [2.45, 2.75) is 51.2 Å². The number of likely N-dealkylation sites (N-methyl/N-ethyl adjacent to an activating group) is 1. The van der Waals surface area contributed by atoms with Crippen molar-refractivity contribution in [1.29, 1.82) is 0 Å². The molecule has 4 nitrogen and oxygen atoms in total. The number of rotatable bonds is 6. The lowest BCUT2D eigenvalue weighted by molar-refractivity contribution is 0.0810. The van der Waals surface area contributed by atoms with Crippen molar-refractivity contribution >= 4 is 0 Å². The Morgan fingerprint density at radius 1 is 1.39 bits per heavy atom. The van der Waals surface area contributed by atoms with Gasteiger partial charge in [-0.05, 0) is 47.0 Å². The molecule has 0 aromatic heterocycles. The lowest BCUT2D eigenvalue weighted by Gasteiger charge is -2.41. The molecule has 0 spiro atoms. The fourth-order valence-electron chi connectivity index (χ4n) is 2.95. The first-order valence-corrected chi connectivity index (χ1v) is 7.13. The van der Waals surface area contributed by atoms with Crippen molar-refractivity contribution in [1.82, 2.24) is 15.1 Å². The molecule has 0 aromatic carbocycles. The molecule has 1 saturated heterocycles. The first-order valence-electron chi connectivity index (χ1n) is 7.13. The molecule has 1 heterocycles. The molecule has 0 aliphatic carbocycles. The Kier molecular flexibility index (Phi) is 6.05. The molecule has 1 unspecified atom stereocenters. The Morgan fingerprint density at radius 3 is 2.39 bits per heavy atom. The predicted octanol–water partition coefficient (Wildman–Crippen LogP) is 0.761. The number of nitrogens with one attached hydrogen (secondary N) is 1. The summed E-state index contributed by atoms with van der Waals surface area (Å²) in [5.74, 6) is 0. The summed E-state index contributed by atoms with van der Waals surface area (Å²) in [5, 5.41) is 13.1. The summed E-state index contributed by atoms with van der Waals surface area (Å²) < 4.78 is 0. The van der Waals surface area contributed by atoms with Crippen LogP contribution in [0.2, 0.25) is 0 Å². The molecule has 1 aliphatic heterocycles. The second kappa shape index (κ2) is 6.85. The minimum Gasteiger partial charge on any atom is -0.394 e. The minimum atomic E-state index is -0.202. The molecule has 0 bridgehead atoms. The van der Waals surface area contributed by atoms with Crippen molar-refractivity contribution in [3.8, 4) is 0 Å². The zero-order valence-electron chi connectivity index (χ0n) is 12.7. The second-order valence-electron chi connectivity index (χ2n) is 6.47. The average molecular weight is 257 g/mol. The Labute approximate surface area is 112 Å². The van der Waals surface area contributed by atoms with Crippen LogP contribution in [0.1, 0.15) is 33.6 Å². The van der Waals surface area contributed by atoms with Crippen LogP contribution >= 0.6 is 0 Å². The lowest BCUT2D eigenvalue weighted by Crippen LogP contribution is -2.57. The number of nitrogens with zero attached hydrogens (tertiary/aromatic N) is 2. The highest BCUT2D eigenvalue weighted by molar-refractivity contribution is 4.89. The van der Waals surface area contributed by atoms with Crippen LogP contribution in [0.15, 0.2) is 0 Å². The normalized spacial score (nSPS) is 22.7. The van der Waals surface area contributed by atoms with Gasteiger partial charge in [0.1, 0.15) is 0 Å². The van der Waals surface area contributed by atoms with E-state index in [0.717, 1.165) is 6.54 Å². The number of piperidine rings is 1. The summed E-state index contributed by atoms with van der Waals surface area (Å²) in [6.45, 7) is 9.81. The van der Waals surface area contributed by atoms with Crippen molar-refractivity contribution in [2.75, 3.05) is 40.3 Å². The van der Waals surface area contributed by atoms with E-state index in [1.165, 1.54) is 25.9 Å². The van der Waals surface area contributed by atoms with Gasteiger partial charge in [0.15, 0.2) is 0 Å². The SMILES string of the molecule is CC(C)NC(C)(CO)CN(C)C1CCN(C)CC1. The first-order chi connectivity index (χ1) is 8.36. The van der Waals surface area contributed by atoms with Gasteiger partial charge in [-0.3, -0.25) is 0 Å². The lowest BCUT2D eigenvalue weighted by atomic mass is 9.98. The number of aliphatic hydroxyl groups excluding tert-OH is 1. The van der Waals surface area contributed by atoms with E-state index in [1.54, 1.807) is 0 Å². The molecule has 0 radical (unpaired) electrons. The summed E-state index contributed by atoms with van der Waals surface area (Å²) in [7, 11) is 4.38. The molecular weight excluding hydrogens is 226 g/mol. The van der Waals surface area contributed by atoms with Crippen molar-refractivity contribution in [3.05, 3.63) is 0 Å². The number of hydrogen-bond acceptors (Lipinski definition) is 4. The van der Waals surface area contributed by atoms with E-state index in [2.05, 4.69) is 50.0 Å². The fourth-order valence-corrected chi connectivity index (χ4v) is 2.95. The zero-order chi connectivity index (χ0) is 13.8. The van der Waals surface area contributed by atoms with Crippen molar-refractivity contribution in [3.63, 3.8) is 0 Å². The summed E-state index contributed by atoms with van der Waals surface area (Å²) >= 11 is 0. The molecule has 1 fully saturated rings. The van der Waals surface area contributed by atoms with E-state index in [9.17, 15) is 5.11 Å². The molecule has 108 valence electrons. The summed E-state index contributed by atoms with van der Waals surface area (Å²) in [6.07, 6.45) is 2.46. The topological polar surface area (TPSA) is 38.7 Å². The highest BCUT2D eigenvalue weighted by Gasteiger charge is 2.29. The third-order valence-electron chi connectivity index (χ3n) is 3.90. The highest BCUT2D eigenvalue weighted by Crippen LogP contribution is 2.17. The Bertz CT molecular complexity index is 239. The van der Waals surface area contributed by atoms with E-state index < -0.39 is 0 Å². The first kappa shape index (κ1) is 15.9. The van der Waals surface area contributed by atoms with Crippen LogP contribution in [0.25, 0.3) is 0 Å². The number of hydrogen-bond donors (Lipinski definition) is 2. The largest absolute Gasteiger partial charge is 0.394 e. The van der Waals surface area contributed by atoms with Gasteiger partial charge in [0.2, 0.25) is 0 Å². The number of likely N-dealkylation sites (tertiary alicyclic amines) is 1. The minimum absolute atomic E-state index is 0.183. The average Bonchev–Trinajstić information content (AvgIpc) is 2.28. The maximum Gasteiger partial charge on any atom is 0.0623 e. The van der Waals surface area contributed by atoms with Gasteiger partial charge in [-0.2, -0.15) is 0 Å². The monoisotopic (exact) mass is 257 g/mol. The Balaban J connectivity index is 2.48. The molecule has 1 aliphatic rings. The van der Waals surface area contributed by atoms with Gasteiger partial charge < -0.3 is 20.2 Å². The van der Waals surface area contributed by atoms with Crippen molar-refractivity contribution < 1.29 is 5.11 Å². The smallest absolute Gasteiger partial charge is 0.0623 e. The second-order valence-corrected chi connectivity index (χ2v) is 6.47. The van der Waals surface area contributed by atoms with E-state index >= 15 is 0 Å². The van der Waals surface area contributed by atoms with Gasteiger partial charge in [0, 0.05) is 18.6 Å². The molecule has 0 aromatic rings. The van der Waals surface area contributed by atoms with Gasteiger partial charge in [-0.1, -0.05) is 13.8 Å². The molecule has 1 atom stereocenters. The van der Waals surface area contributed by atoms with Crippen LogP contribution in [0.4, 0.5) is 0 Å². The van der Waals surface area contributed by atoms with E-state index in [-0.39, 0.29) is 12.1 Å². The zero-order valence-corrected chi connectivity index (χ0v) is 12.7. The van der Waals surface area contributed by atoms with Crippen molar-refractivity contribution in [2.24, 2.45) is 0 Å². The Morgan fingerprint density at radius 2 is 1.94 bits per heavy atom. The van der Waals surface area contributed by atoms with E-state index in [4.69, 9.17) is 0 Å². The van der Waals surface area contributed by atoms with Gasteiger partial charge in [0.05, 0.1) is 12.1 Å². The molecular formula is C14H31N3O. The molecule has 4 heteroatoms. The summed E-state index contributed by atoms with van der Waals surface area (Å²) in [6, 6.07) is 1.05. The Hall–Kier alpha value is -0.160. The highest BCUT2D eigenvalue weighted by atomic mass is 16.3. The van der Waals surface area contributed by atoms with Crippen LogP contribution in [-0.4, -0.2) is 72.9 Å². The quantitative estimate of drug-likeness (QED) is 0.737. The van der Waals surface area contributed by atoms with Crippen LogP contribution in [-0.2, 0) is 0 Å². The molecule has 2 N–H and O–H groups in total. The van der Waals surface area contributed by atoms with Crippen LogP contribution < -0.4 is 5.32 Å². The van der Waals surface area contributed by atoms with Gasteiger partial charge in [0.25, 0.3) is 0 Å². The standard InChI is InChI=1S/C14H31N3O/c1-12(2)15-14(3,11-18)10-17(5)13-6-8-16(4)9-7-13/h12-13,15,18H,6-11H2,1-5H3. The molecule has 1 rings (SSSR count). The van der Waals surface area contributed by atoms with Crippen LogP contribution in [0.5, 0.6) is 0 Å². The van der Waals surface area contributed by atoms with E-state index in [1.807, 2.05) is 0 Å². The maximum absolute atomic E-state index is 9.63. The summed E-state index contributed by atoms with van der Waals surface area (Å²) in [5.41, 5.74) is -0.202. The predicted molar refractivity (Wildman–Crippen MR) is 76.9 cm³/mol. The third kappa shape index (κ3) is 4.84. The summed E-state index contributed by atoms with van der Waals surface area (Å²) in [4.78, 5) is 4.81. The van der Waals surface area contributed by atoms with Gasteiger partial charge >= 0.3 is 0 Å². The van der Waals surface area contributed by atoms with Crippen LogP contribution in [0, 0.1) is 0 Å². The molecule has 0 saturated carbocycles. The molecule has 0 amide bonds. The maximum atomic E-state index is 9.63. The van der Waals surface area contributed by atoms with Crippen LogP contribution in [0.3, 0.4) is 0 Å². The molecule has 18 heavy (non-hydrogen) atoms. The third-order valence-corrected chi connectivity index (χ3v) is 3.90. The van der Waals surface area contributed by atoms with Gasteiger partial charge in [-0.25, -0.2) is 0 Å². The fraction of sp³-hybridized carbons (Fsp3) is 1.00. The van der Waals surface area contributed by atoms with Gasteiger partial charge in [-0.15, -0.1) is 0 Å². The van der Waals surface area contributed by atoms with E-state index in [0.29, 0.717) is 12.1 Å².